The number of fused-ring (bicyclic) bond motifs is 3. The van der Waals surface area contributed by atoms with Crippen molar-refractivity contribution in [3.05, 3.63) is 40.5 Å². The van der Waals surface area contributed by atoms with Gasteiger partial charge in [-0.15, -0.1) is 0 Å². The zero-order valence-corrected chi connectivity index (χ0v) is 11.9. The van der Waals surface area contributed by atoms with Gasteiger partial charge in [0.1, 0.15) is 18.2 Å². The molecule has 1 N–H and O–H groups in total. The molecule has 0 unspecified atom stereocenters. The quantitative estimate of drug-likeness (QED) is 0.873. The number of nitrogens with zero attached hydrogens (tertiary/aromatic N) is 1. The number of nitrogens with one attached hydrogen (secondary N) is 1. The third-order valence-electron chi connectivity index (χ3n) is 3.29. The van der Waals surface area contributed by atoms with Crippen molar-refractivity contribution in [3.63, 3.8) is 0 Å². The van der Waals surface area contributed by atoms with Crippen molar-refractivity contribution < 1.29 is 9.53 Å². The molecule has 1 aromatic carbocycles. The highest BCUT2D eigenvalue weighted by molar-refractivity contribution is 6.31. The van der Waals surface area contributed by atoms with E-state index in [0.29, 0.717) is 17.4 Å². The molecule has 1 aromatic heterocycles. The van der Waals surface area contributed by atoms with Gasteiger partial charge in [-0.05, 0) is 30.7 Å². The summed E-state index contributed by atoms with van der Waals surface area (Å²) in [7, 11) is 0. The molecule has 0 saturated heterocycles. The van der Waals surface area contributed by atoms with Crippen molar-refractivity contribution >= 4 is 23.3 Å². The summed E-state index contributed by atoms with van der Waals surface area (Å²) in [5.74, 6) is 1.19. The van der Waals surface area contributed by atoms with Crippen LogP contribution in [-0.4, -0.2) is 10.9 Å². The first-order chi connectivity index (χ1) is 9.56. The first kappa shape index (κ1) is 12.9. The van der Waals surface area contributed by atoms with Gasteiger partial charge in [0.15, 0.2) is 0 Å². The van der Waals surface area contributed by atoms with Crippen LogP contribution >= 0.6 is 11.6 Å². The van der Waals surface area contributed by atoms with Crippen molar-refractivity contribution in [2.24, 2.45) is 0 Å². The van der Waals surface area contributed by atoms with Gasteiger partial charge in [-0.3, -0.25) is 4.79 Å². The molecule has 0 saturated carbocycles. The minimum Gasteiger partial charge on any atom is -0.488 e. The van der Waals surface area contributed by atoms with Crippen LogP contribution in [0.1, 0.15) is 18.1 Å². The molecule has 20 heavy (non-hydrogen) atoms. The summed E-state index contributed by atoms with van der Waals surface area (Å²) in [5.41, 5.74) is 3.91. The van der Waals surface area contributed by atoms with E-state index in [0.717, 1.165) is 28.0 Å². The van der Waals surface area contributed by atoms with E-state index >= 15 is 0 Å². The molecule has 0 spiro atoms. The predicted octanol–water partition coefficient (Wildman–Crippen LogP) is 3.56. The molecule has 4 nitrogen and oxygen atoms in total. The van der Waals surface area contributed by atoms with Crippen molar-refractivity contribution in [1.29, 1.82) is 0 Å². The van der Waals surface area contributed by atoms with E-state index in [1.165, 1.54) is 6.92 Å². The van der Waals surface area contributed by atoms with Crippen molar-refractivity contribution in [3.8, 4) is 16.9 Å². The Morgan fingerprint density at radius 1 is 1.40 bits per heavy atom. The maximum Gasteiger partial charge on any atom is 0.222 e. The molecule has 5 heteroatoms. The summed E-state index contributed by atoms with van der Waals surface area (Å²) in [4.78, 5) is 15.3. The monoisotopic (exact) mass is 288 g/mol. The van der Waals surface area contributed by atoms with Crippen LogP contribution < -0.4 is 10.1 Å². The lowest BCUT2D eigenvalue weighted by Crippen LogP contribution is -2.11. The molecule has 2 aromatic rings. The van der Waals surface area contributed by atoms with Crippen LogP contribution in [0.3, 0.4) is 0 Å². The molecular formula is C15H13ClN2O2. The summed E-state index contributed by atoms with van der Waals surface area (Å²) in [6, 6.07) is 5.65. The molecule has 1 amide bonds. The van der Waals surface area contributed by atoms with E-state index in [2.05, 4.69) is 10.3 Å². The van der Waals surface area contributed by atoms with Gasteiger partial charge in [0.2, 0.25) is 5.91 Å². The Bertz CT molecular complexity index is 713. The molecule has 3 rings (SSSR count). The Morgan fingerprint density at radius 3 is 2.95 bits per heavy atom. The number of halogens is 1. The highest BCUT2D eigenvalue weighted by atomic mass is 35.5. The predicted molar refractivity (Wildman–Crippen MR) is 78.1 cm³/mol. The second-order valence-corrected chi connectivity index (χ2v) is 5.15. The van der Waals surface area contributed by atoms with Crippen LogP contribution in [0, 0.1) is 6.92 Å². The number of carbonyl (C=O) groups is 1. The zero-order chi connectivity index (χ0) is 14.3. The van der Waals surface area contributed by atoms with E-state index in [-0.39, 0.29) is 5.91 Å². The lowest BCUT2D eigenvalue weighted by molar-refractivity contribution is -0.114. The number of rotatable bonds is 1. The van der Waals surface area contributed by atoms with Crippen molar-refractivity contribution in [1.82, 2.24) is 4.98 Å². The normalized spacial score (nSPS) is 12.2. The highest BCUT2D eigenvalue weighted by Crippen LogP contribution is 2.42. The van der Waals surface area contributed by atoms with E-state index in [1.807, 2.05) is 25.1 Å². The second-order valence-electron chi connectivity index (χ2n) is 4.75. The van der Waals surface area contributed by atoms with E-state index in [9.17, 15) is 4.79 Å². The van der Waals surface area contributed by atoms with Gasteiger partial charge in [0.25, 0.3) is 0 Å². The fourth-order valence-corrected chi connectivity index (χ4v) is 2.46. The Kier molecular flexibility index (Phi) is 3.10. The summed E-state index contributed by atoms with van der Waals surface area (Å²) in [6.07, 6.45) is 1.73. The summed E-state index contributed by atoms with van der Waals surface area (Å²) in [5, 5.41) is 3.38. The maximum absolute atomic E-state index is 11.1. The van der Waals surface area contributed by atoms with Gasteiger partial charge in [-0.2, -0.15) is 0 Å². The van der Waals surface area contributed by atoms with Gasteiger partial charge in [0.05, 0.1) is 0 Å². The lowest BCUT2D eigenvalue weighted by Gasteiger charge is -2.23. The van der Waals surface area contributed by atoms with Crippen LogP contribution in [0.4, 0.5) is 5.82 Å². The highest BCUT2D eigenvalue weighted by Gasteiger charge is 2.21. The third-order valence-corrected chi connectivity index (χ3v) is 3.70. The standard InChI is InChI=1S/C15H13ClN2O2/c1-8-13(16)4-3-11-12-5-14(18-9(2)19)17-6-10(12)7-20-15(8)11/h3-6H,7H2,1-2H3,(H,17,18,19). The molecule has 1 aliphatic rings. The fraction of sp³-hybridized carbons (Fsp3) is 0.200. The number of anilines is 1. The van der Waals surface area contributed by atoms with Crippen LogP contribution in [-0.2, 0) is 11.4 Å². The number of pyridine rings is 1. The lowest BCUT2D eigenvalue weighted by atomic mass is 9.96. The molecule has 0 radical (unpaired) electrons. The van der Waals surface area contributed by atoms with Gasteiger partial charge in [-0.1, -0.05) is 11.6 Å². The van der Waals surface area contributed by atoms with E-state index in [4.69, 9.17) is 16.3 Å². The van der Waals surface area contributed by atoms with Gasteiger partial charge < -0.3 is 10.1 Å². The molecule has 0 aliphatic carbocycles. The first-order valence-electron chi connectivity index (χ1n) is 6.25. The first-order valence-corrected chi connectivity index (χ1v) is 6.63. The molecule has 0 bridgehead atoms. The fourth-order valence-electron chi connectivity index (χ4n) is 2.31. The molecule has 0 fully saturated rings. The molecule has 2 heterocycles. The number of benzene rings is 1. The third kappa shape index (κ3) is 2.12. The Morgan fingerprint density at radius 2 is 2.20 bits per heavy atom. The largest absolute Gasteiger partial charge is 0.488 e. The Balaban J connectivity index is 2.14. The Hall–Kier alpha value is -2.07. The molecule has 102 valence electrons. The second kappa shape index (κ2) is 4.80. The topological polar surface area (TPSA) is 51.2 Å². The maximum atomic E-state index is 11.1. The summed E-state index contributed by atoms with van der Waals surface area (Å²) < 4.78 is 5.77. The van der Waals surface area contributed by atoms with Crippen LogP contribution in [0.15, 0.2) is 24.4 Å². The number of carbonyl (C=O) groups excluding carboxylic acids is 1. The number of aromatic nitrogens is 1. The summed E-state index contributed by atoms with van der Waals surface area (Å²) in [6.45, 7) is 3.85. The smallest absolute Gasteiger partial charge is 0.222 e. The van der Waals surface area contributed by atoms with Crippen molar-refractivity contribution in [2.45, 2.75) is 20.5 Å². The molecule has 0 atom stereocenters. The summed E-state index contributed by atoms with van der Waals surface area (Å²) >= 11 is 6.12. The average molecular weight is 289 g/mol. The van der Waals surface area contributed by atoms with Gasteiger partial charge in [0, 0.05) is 34.8 Å². The molecular weight excluding hydrogens is 276 g/mol. The van der Waals surface area contributed by atoms with E-state index in [1.54, 1.807) is 6.20 Å². The minimum atomic E-state index is -0.142. The minimum absolute atomic E-state index is 0.142. The zero-order valence-electron chi connectivity index (χ0n) is 11.2. The number of amides is 1. The average Bonchev–Trinajstić information content (AvgIpc) is 2.42. The van der Waals surface area contributed by atoms with Gasteiger partial charge in [-0.25, -0.2) is 4.98 Å². The molecule has 1 aliphatic heterocycles. The number of hydrogen-bond donors (Lipinski definition) is 1. The van der Waals surface area contributed by atoms with Crippen LogP contribution in [0.5, 0.6) is 5.75 Å². The van der Waals surface area contributed by atoms with Crippen LogP contribution in [0.25, 0.3) is 11.1 Å². The van der Waals surface area contributed by atoms with Crippen LogP contribution in [0.2, 0.25) is 5.02 Å². The SMILES string of the molecule is CC(=O)Nc1cc2c(cn1)COc1c-2ccc(Cl)c1C. The van der Waals surface area contributed by atoms with Gasteiger partial charge >= 0.3 is 0 Å². The number of hydrogen-bond acceptors (Lipinski definition) is 3. The van der Waals surface area contributed by atoms with E-state index < -0.39 is 0 Å². The Labute approximate surface area is 121 Å². The van der Waals surface area contributed by atoms with Crippen molar-refractivity contribution in [2.75, 3.05) is 5.32 Å². The number of ether oxygens (including phenoxy) is 1.